The highest BCUT2D eigenvalue weighted by atomic mass is 16.6. The minimum atomic E-state index is -0.249. The van der Waals surface area contributed by atoms with Crippen LogP contribution in [0, 0.1) is 0 Å². The largest absolute Gasteiger partial charge is 0.486 e. The molecule has 2 heterocycles. The molecule has 1 aromatic carbocycles. The number of morpholine rings is 1. The number of carbonyl (C=O) groups excluding carboxylic acids is 1. The van der Waals surface area contributed by atoms with E-state index in [4.69, 9.17) is 14.2 Å². The Kier molecular flexibility index (Phi) is 5.32. The van der Waals surface area contributed by atoms with Crippen LogP contribution in [-0.2, 0) is 10.2 Å². The molecule has 2 aliphatic heterocycles. The Bertz CT molecular complexity index is 661. The number of ether oxygens (including phenoxy) is 3. The number of fused-ring (bicyclic) bond motifs is 1. The number of benzene rings is 1. The van der Waals surface area contributed by atoms with E-state index in [0.717, 1.165) is 23.5 Å². The van der Waals surface area contributed by atoms with E-state index in [-0.39, 0.29) is 17.0 Å². The van der Waals surface area contributed by atoms with Crippen molar-refractivity contribution in [2.45, 2.75) is 45.1 Å². The Balaban J connectivity index is 1.62. The van der Waals surface area contributed by atoms with E-state index in [9.17, 15) is 4.79 Å². The van der Waals surface area contributed by atoms with Crippen LogP contribution in [0.3, 0.4) is 0 Å². The molecule has 2 amide bonds. The predicted molar refractivity (Wildman–Crippen MR) is 100 cm³/mol. The van der Waals surface area contributed by atoms with E-state index in [1.165, 1.54) is 0 Å². The predicted octanol–water partition coefficient (Wildman–Crippen LogP) is 2.95. The molecule has 1 aromatic rings. The zero-order chi connectivity index (χ0) is 18.8. The summed E-state index contributed by atoms with van der Waals surface area (Å²) in [7, 11) is 0. The van der Waals surface area contributed by atoms with Crippen LogP contribution in [0.25, 0.3) is 0 Å². The van der Waals surface area contributed by atoms with Gasteiger partial charge in [-0.15, -0.1) is 0 Å². The molecule has 26 heavy (non-hydrogen) atoms. The molecule has 1 unspecified atom stereocenters. The first-order valence-electron chi connectivity index (χ1n) is 9.40. The molecule has 2 aliphatic rings. The molecular weight excluding hydrogens is 332 g/mol. The Morgan fingerprint density at radius 1 is 1.23 bits per heavy atom. The van der Waals surface area contributed by atoms with E-state index in [0.29, 0.717) is 39.5 Å². The van der Waals surface area contributed by atoms with Gasteiger partial charge in [0.2, 0.25) is 0 Å². The third-order valence-corrected chi connectivity index (χ3v) is 5.38. The molecule has 3 rings (SSSR count). The lowest BCUT2D eigenvalue weighted by Gasteiger charge is -2.40. The lowest BCUT2D eigenvalue weighted by molar-refractivity contribution is -0.0873. The Morgan fingerprint density at radius 2 is 1.96 bits per heavy atom. The number of nitrogens with zero attached hydrogens (tertiary/aromatic N) is 1. The van der Waals surface area contributed by atoms with Gasteiger partial charge in [0.1, 0.15) is 13.2 Å². The first-order chi connectivity index (χ1) is 12.3. The molecule has 144 valence electrons. The van der Waals surface area contributed by atoms with Crippen LogP contribution >= 0.6 is 0 Å². The summed E-state index contributed by atoms with van der Waals surface area (Å²) < 4.78 is 17.1. The molecule has 0 aromatic heterocycles. The second-order valence-electron chi connectivity index (χ2n) is 7.97. The van der Waals surface area contributed by atoms with Crippen molar-refractivity contribution in [3.8, 4) is 11.5 Å². The summed E-state index contributed by atoms with van der Waals surface area (Å²) in [5.41, 5.74) is 0.648. The molecule has 0 saturated carbocycles. The number of urea groups is 1. The summed E-state index contributed by atoms with van der Waals surface area (Å²) in [6, 6.07) is 5.98. The zero-order valence-electron chi connectivity index (χ0n) is 16.3. The van der Waals surface area contributed by atoms with Crippen molar-refractivity contribution in [1.82, 2.24) is 10.2 Å². The summed E-state index contributed by atoms with van der Waals surface area (Å²) in [4.78, 5) is 14.5. The van der Waals surface area contributed by atoms with Crippen molar-refractivity contribution in [1.29, 1.82) is 0 Å². The maximum atomic E-state index is 12.6. The van der Waals surface area contributed by atoms with Crippen molar-refractivity contribution < 1.29 is 19.0 Å². The quantitative estimate of drug-likeness (QED) is 0.895. The number of amides is 2. The second kappa shape index (κ2) is 7.35. The standard InChI is InChI=1S/C20H30N2O4/c1-5-20(4)14-22(8-9-26-20)18(23)21-13-19(2,3)15-6-7-16-17(12-15)25-11-10-24-16/h6-7,12H,5,8-11,13-14H2,1-4H3,(H,21,23). The summed E-state index contributed by atoms with van der Waals surface area (Å²) in [6.07, 6.45) is 0.888. The van der Waals surface area contributed by atoms with Gasteiger partial charge in [0, 0.05) is 18.5 Å². The minimum absolute atomic E-state index is 0.0291. The van der Waals surface area contributed by atoms with Gasteiger partial charge in [0.25, 0.3) is 0 Å². The van der Waals surface area contributed by atoms with Crippen LogP contribution in [0.1, 0.15) is 39.7 Å². The fraction of sp³-hybridized carbons (Fsp3) is 0.650. The molecule has 1 saturated heterocycles. The highest BCUT2D eigenvalue weighted by Crippen LogP contribution is 2.35. The molecule has 0 aliphatic carbocycles. The number of hydrogen-bond acceptors (Lipinski definition) is 4. The van der Waals surface area contributed by atoms with Gasteiger partial charge in [-0.2, -0.15) is 0 Å². The van der Waals surface area contributed by atoms with Gasteiger partial charge in [-0.3, -0.25) is 0 Å². The van der Waals surface area contributed by atoms with Crippen LogP contribution in [0.2, 0.25) is 0 Å². The van der Waals surface area contributed by atoms with Gasteiger partial charge >= 0.3 is 6.03 Å². The number of nitrogens with one attached hydrogen (secondary N) is 1. The SMILES string of the molecule is CCC1(C)CN(C(=O)NCC(C)(C)c2ccc3c(c2)OCCO3)CCO1. The maximum Gasteiger partial charge on any atom is 0.317 e. The van der Waals surface area contributed by atoms with Gasteiger partial charge in [-0.25, -0.2) is 4.79 Å². The Hall–Kier alpha value is -1.95. The molecule has 1 N–H and O–H groups in total. The summed E-state index contributed by atoms with van der Waals surface area (Å²) in [5.74, 6) is 1.56. The van der Waals surface area contributed by atoms with Gasteiger partial charge in [-0.05, 0) is 31.0 Å². The molecule has 0 radical (unpaired) electrons. The average Bonchev–Trinajstić information content (AvgIpc) is 2.66. The van der Waals surface area contributed by atoms with E-state index >= 15 is 0 Å². The summed E-state index contributed by atoms with van der Waals surface area (Å²) >= 11 is 0. The molecule has 1 fully saturated rings. The first kappa shape index (κ1) is 18.8. The van der Waals surface area contributed by atoms with Gasteiger partial charge in [0.05, 0.1) is 18.8 Å². The molecule has 1 atom stereocenters. The molecule has 6 heteroatoms. The average molecular weight is 362 g/mol. The second-order valence-corrected chi connectivity index (χ2v) is 7.97. The number of rotatable bonds is 4. The van der Waals surface area contributed by atoms with Gasteiger partial charge in [-0.1, -0.05) is 26.8 Å². The lowest BCUT2D eigenvalue weighted by atomic mass is 9.84. The monoisotopic (exact) mass is 362 g/mol. The van der Waals surface area contributed by atoms with E-state index < -0.39 is 0 Å². The molecule has 0 bridgehead atoms. The fourth-order valence-corrected chi connectivity index (χ4v) is 3.29. The molecule has 0 spiro atoms. The van der Waals surface area contributed by atoms with Crippen molar-refractivity contribution >= 4 is 6.03 Å². The van der Waals surface area contributed by atoms with Crippen LogP contribution in [-0.4, -0.2) is 56.0 Å². The van der Waals surface area contributed by atoms with Crippen molar-refractivity contribution in [3.05, 3.63) is 23.8 Å². The summed E-state index contributed by atoms with van der Waals surface area (Å²) in [6.45, 7) is 11.9. The first-order valence-corrected chi connectivity index (χ1v) is 9.40. The fourth-order valence-electron chi connectivity index (χ4n) is 3.29. The van der Waals surface area contributed by atoms with Crippen molar-refractivity contribution in [3.63, 3.8) is 0 Å². The third kappa shape index (κ3) is 4.06. The maximum absolute atomic E-state index is 12.6. The van der Waals surface area contributed by atoms with Crippen molar-refractivity contribution in [2.24, 2.45) is 0 Å². The van der Waals surface area contributed by atoms with Gasteiger partial charge < -0.3 is 24.4 Å². The topological polar surface area (TPSA) is 60.0 Å². The Morgan fingerprint density at radius 3 is 2.69 bits per heavy atom. The normalized spacial score (nSPS) is 22.8. The highest BCUT2D eigenvalue weighted by molar-refractivity contribution is 5.74. The highest BCUT2D eigenvalue weighted by Gasteiger charge is 2.33. The third-order valence-electron chi connectivity index (χ3n) is 5.38. The molecule has 6 nitrogen and oxygen atoms in total. The van der Waals surface area contributed by atoms with Crippen molar-refractivity contribution in [2.75, 3.05) is 39.5 Å². The van der Waals surface area contributed by atoms with Crippen LogP contribution in [0.15, 0.2) is 18.2 Å². The number of carbonyl (C=O) groups is 1. The lowest BCUT2D eigenvalue weighted by Crippen LogP contribution is -2.55. The molecular formula is C20H30N2O4. The van der Waals surface area contributed by atoms with Crippen LogP contribution in [0.4, 0.5) is 4.79 Å². The summed E-state index contributed by atoms with van der Waals surface area (Å²) in [5, 5.41) is 3.09. The minimum Gasteiger partial charge on any atom is -0.486 e. The van der Waals surface area contributed by atoms with Gasteiger partial charge in [0.15, 0.2) is 11.5 Å². The Labute approximate surface area is 155 Å². The number of hydrogen-bond donors (Lipinski definition) is 1. The zero-order valence-corrected chi connectivity index (χ0v) is 16.3. The van der Waals surface area contributed by atoms with E-state index in [2.05, 4.69) is 33.0 Å². The van der Waals surface area contributed by atoms with Crippen LogP contribution in [0.5, 0.6) is 11.5 Å². The van der Waals surface area contributed by atoms with E-state index in [1.807, 2.05) is 23.1 Å². The van der Waals surface area contributed by atoms with Crippen LogP contribution < -0.4 is 14.8 Å². The van der Waals surface area contributed by atoms with E-state index in [1.54, 1.807) is 0 Å². The smallest absolute Gasteiger partial charge is 0.317 e.